The number of nitrogens with zero attached hydrogens (tertiary/aromatic N) is 5. The fraction of sp³-hybridized carbons (Fsp3) is 0.650. The molecule has 0 unspecified atom stereocenters. The number of hydrogen-bond donors (Lipinski definition) is 1. The fourth-order valence-electron chi connectivity index (χ4n) is 3.29. The molecule has 8 nitrogen and oxygen atoms in total. The number of carboxylic acids is 1. The van der Waals surface area contributed by atoms with E-state index in [0.717, 1.165) is 22.6 Å². The second-order valence-corrected chi connectivity index (χ2v) is 15.2. The number of rotatable bonds is 13. The first kappa shape index (κ1) is 24.6. The Morgan fingerprint density at radius 3 is 2.67 bits per heavy atom. The third kappa shape index (κ3) is 7.88. The van der Waals surface area contributed by atoms with Crippen LogP contribution in [-0.4, -0.2) is 50.9 Å². The molecule has 0 radical (unpaired) electrons. The smallest absolute Gasteiger partial charge is 0.307 e. The van der Waals surface area contributed by atoms with Gasteiger partial charge in [0.05, 0.1) is 5.92 Å². The van der Waals surface area contributed by atoms with Crippen molar-refractivity contribution in [3.63, 3.8) is 0 Å². The quantitative estimate of drug-likeness (QED) is 0.249. The minimum Gasteiger partial charge on any atom is -0.481 e. The normalized spacial score (nSPS) is 13.9. The van der Waals surface area contributed by atoms with Crippen LogP contribution < -0.4 is 0 Å². The SMILES string of the molecule is CCC[C@H](C(=O)O)[C@H](CCc1ccc(Br)nc1)c1nnnn1COCC[Si](C)(C)C. The van der Waals surface area contributed by atoms with Crippen LogP contribution in [0, 0.1) is 5.92 Å². The molecule has 0 saturated carbocycles. The Hall–Kier alpha value is -1.65. The summed E-state index contributed by atoms with van der Waals surface area (Å²) in [5.74, 6) is -1.09. The number of aryl methyl sites for hydroxylation is 1. The molecule has 0 bridgehead atoms. The number of tetrazole rings is 1. The van der Waals surface area contributed by atoms with Gasteiger partial charge in [-0.15, -0.1) is 5.10 Å². The second kappa shape index (κ2) is 11.7. The van der Waals surface area contributed by atoms with Gasteiger partial charge in [-0.05, 0) is 63.3 Å². The number of carboxylic acid groups (broad SMARTS) is 1. The van der Waals surface area contributed by atoms with E-state index in [1.807, 2.05) is 19.1 Å². The van der Waals surface area contributed by atoms with Crippen LogP contribution in [0.5, 0.6) is 0 Å². The summed E-state index contributed by atoms with van der Waals surface area (Å²) < 4.78 is 8.20. The van der Waals surface area contributed by atoms with Crippen LogP contribution in [0.2, 0.25) is 25.7 Å². The molecule has 2 aromatic rings. The first-order chi connectivity index (χ1) is 14.2. The molecule has 0 aliphatic carbocycles. The first-order valence-corrected chi connectivity index (χ1v) is 14.9. The van der Waals surface area contributed by atoms with Gasteiger partial charge in [-0.3, -0.25) is 4.79 Å². The molecular formula is C20H32BrN5O3Si. The Kier molecular flexibility index (Phi) is 9.57. The van der Waals surface area contributed by atoms with Crippen LogP contribution in [0.4, 0.5) is 0 Å². The minimum absolute atomic E-state index is 0.238. The largest absolute Gasteiger partial charge is 0.481 e. The lowest BCUT2D eigenvalue weighted by atomic mass is 9.83. The van der Waals surface area contributed by atoms with Crippen LogP contribution >= 0.6 is 15.9 Å². The van der Waals surface area contributed by atoms with Crippen molar-refractivity contribution in [2.24, 2.45) is 5.92 Å². The third-order valence-corrected chi connectivity index (χ3v) is 7.21. The van der Waals surface area contributed by atoms with E-state index in [9.17, 15) is 9.90 Å². The molecule has 0 aliphatic heterocycles. The Bertz CT molecular complexity index is 794. The average Bonchev–Trinajstić information content (AvgIpc) is 3.13. The molecule has 1 N–H and O–H groups in total. The highest BCUT2D eigenvalue weighted by Crippen LogP contribution is 2.31. The number of halogens is 1. The maximum absolute atomic E-state index is 12.0. The average molecular weight is 498 g/mol. The maximum Gasteiger partial charge on any atom is 0.307 e. The van der Waals surface area contributed by atoms with Gasteiger partial charge in [0.25, 0.3) is 0 Å². The van der Waals surface area contributed by atoms with Gasteiger partial charge in [-0.2, -0.15) is 0 Å². The van der Waals surface area contributed by atoms with E-state index in [1.54, 1.807) is 10.9 Å². The van der Waals surface area contributed by atoms with Crippen molar-refractivity contribution in [3.05, 3.63) is 34.3 Å². The third-order valence-electron chi connectivity index (χ3n) is 5.04. The molecule has 2 heterocycles. The Balaban J connectivity index is 2.16. The summed E-state index contributed by atoms with van der Waals surface area (Å²) in [4.78, 5) is 16.3. The van der Waals surface area contributed by atoms with Crippen LogP contribution in [0.15, 0.2) is 22.9 Å². The minimum atomic E-state index is -1.19. The monoisotopic (exact) mass is 497 g/mol. The zero-order valence-corrected chi connectivity index (χ0v) is 20.8. The summed E-state index contributed by atoms with van der Waals surface area (Å²) in [5.41, 5.74) is 1.05. The molecule has 10 heteroatoms. The van der Waals surface area contributed by atoms with Gasteiger partial charge >= 0.3 is 5.97 Å². The highest BCUT2D eigenvalue weighted by molar-refractivity contribution is 9.10. The van der Waals surface area contributed by atoms with E-state index in [-0.39, 0.29) is 12.6 Å². The number of aromatic nitrogens is 5. The van der Waals surface area contributed by atoms with E-state index in [1.165, 1.54) is 0 Å². The standard InChI is InChI=1S/C20H32BrN5O3Si/c1-5-6-17(20(27)28)16(9-7-15-8-10-18(21)22-13-15)19-23-24-25-26(19)14-29-11-12-30(2,3)4/h8,10,13,16-17H,5-7,9,11-12,14H2,1-4H3,(H,27,28)/t16-,17-/m0/s1. The first-order valence-electron chi connectivity index (χ1n) is 10.4. The maximum atomic E-state index is 12.0. The van der Waals surface area contributed by atoms with Gasteiger partial charge < -0.3 is 9.84 Å². The number of ether oxygens (including phenoxy) is 1. The molecule has 0 aliphatic rings. The summed E-state index contributed by atoms with van der Waals surface area (Å²) >= 11 is 3.34. The van der Waals surface area contributed by atoms with Crippen molar-refractivity contribution in [1.29, 1.82) is 0 Å². The fourth-order valence-corrected chi connectivity index (χ4v) is 4.28. The van der Waals surface area contributed by atoms with Crippen LogP contribution in [0.25, 0.3) is 0 Å². The van der Waals surface area contributed by atoms with Crippen LogP contribution in [0.3, 0.4) is 0 Å². The highest BCUT2D eigenvalue weighted by Gasteiger charge is 2.32. The van der Waals surface area contributed by atoms with Gasteiger partial charge in [0.1, 0.15) is 11.3 Å². The lowest BCUT2D eigenvalue weighted by Crippen LogP contribution is -2.26. The molecule has 0 aromatic carbocycles. The zero-order chi connectivity index (χ0) is 22.1. The van der Waals surface area contributed by atoms with Gasteiger partial charge in [0, 0.05) is 26.8 Å². The Morgan fingerprint density at radius 1 is 1.30 bits per heavy atom. The predicted molar refractivity (Wildman–Crippen MR) is 121 cm³/mol. The van der Waals surface area contributed by atoms with Crippen LogP contribution in [-0.2, 0) is 22.7 Å². The number of aliphatic carboxylic acids is 1. The zero-order valence-electron chi connectivity index (χ0n) is 18.2. The molecule has 0 amide bonds. The van der Waals surface area contributed by atoms with Gasteiger partial charge in [-0.1, -0.05) is 39.1 Å². The van der Waals surface area contributed by atoms with Crippen molar-refractivity contribution >= 4 is 30.0 Å². The molecule has 2 aromatic heterocycles. The number of carbonyl (C=O) groups is 1. The van der Waals surface area contributed by atoms with Gasteiger partial charge in [0.15, 0.2) is 5.82 Å². The summed E-state index contributed by atoms with van der Waals surface area (Å²) in [6.45, 7) is 9.79. The lowest BCUT2D eigenvalue weighted by molar-refractivity contribution is -0.143. The van der Waals surface area contributed by atoms with E-state index < -0.39 is 20.0 Å². The summed E-state index contributed by atoms with van der Waals surface area (Å²) in [6, 6.07) is 4.94. The topological polar surface area (TPSA) is 103 Å². The molecule has 0 fully saturated rings. The molecule has 2 atom stereocenters. The van der Waals surface area contributed by atoms with Gasteiger partial charge in [0.2, 0.25) is 0 Å². The molecular weight excluding hydrogens is 466 g/mol. The van der Waals surface area contributed by atoms with Crippen molar-refractivity contribution < 1.29 is 14.6 Å². The molecule has 2 rings (SSSR count). The van der Waals surface area contributed by atoms with Crippen molar-refractivity contribution in [2.75, 3.05) is 6.61 Å². The van der Waals surface area contributed by atoms with E-state index in [0.29, 0.717) is 31.7 Å². The summed E-state index contributed by atoms with van der Waals surface area (Å²) in [7, 11) is -1.19. The van der Waals surface area contributed by atoms with Crippen LogP contribution in [0.1, 0.15) is 43.5 Å². The summed E-state index contributed by atoms with van der Waals surface area (Å²) in [6.07, 6.45) is 4.47. The second-order valence-electron chi connectivity index (χ2n) is 8.75. The van der Waals surface area contributed by atoms with Crippen molar-refractivity contribution in [2.45, 2.75) is 70.9 Å². The highest BCUT2D eigenvalue weighted by atomic mass is 79.9. The predicted octanol–water partition coefficient (Wildman–Crippen LogP) is 4.36. The Labute approximate surface area is 187 Å². The number of hydrogen-bond acceptors (Lipinski definition) is 6. The molecule has 0 spiro atoms. The number of pyridine rings is 1. The van der Waals surface area contributed by atoms with E-state index in [4.69, 9.17) is 4.74 Å². The van der Waals surface area contributed by atoms with Crippen molar-refractivity contribution in [1.82, 2.24) is 25.2 Å². The van der Waals surface area contributed by atoms with Gasteiger partial charge in [-0.25, -0.2) is 9.67 Å². The lowest BCUT2D eigenvalue weighted by Gasteiger charge is -2.23. The molecule has 166 valence electrons. The van der Waals surface area contributed by atoms with E-state index in [2.05, 4.69) is 56.1 Å². The Morgan fingerprint density at radius 2 is 2.07 bits per heavy atom. The summed E-state index contributed by atoms with van der Waals surface area (Å²) in [5, 5.41) is 22.0. The molecule has 0 saturated heterocycles. The molecule has 30 heavy (non-hydrogen) atoms. The van der Waals surface area contributed by atoms with E-state index >= 15 is 0 Å². The van der Waals surface area contributed by atoms with Crippen molar-refractivity contribution in [3.8, 4) is 0 Å².